The van der Waals surface area contributed by atoms with Gasteiger partial charge in [-0.25, -0.2) is 12.7 Å². The lowest BCUT2D eigenvalue weighted by molar-refractivity contribution is -0.143. The van der Waals surface area contributed by atoms with E-state index in [1.807, 2.05) is 6.07 Å². The fourth-order valence-corrected chi connectivity index (χ4v) is 3.49. The van der Waals surface area contributed by atoms with Crippen molar-refractivity contribution in [3.05, 3.63) is 59.9 Å². The van der Waals surface area contributed by atoms with Crippen molar-refractivity contribution in [3.63, 3.8) is 0 Å². The van der Waals surface area contributed by atoms with Crippen LogP contribution in [0, 0.1) is 0 Å². The number of amides is 1. The Morgan fingerprint density at radius 1 is 1.10 bits per heavy atom. The Morgan fingerprint density at radius 3 is 2.34 bits per heavy atom. The minimum Gasteiger partial charge on any atom is -0.466 e. The highest BCUT2D eigenvalue weighted by Crippen LogP contribution is 2.16. The number of hydrogen-bond acceptors (Lipinski definition) is 6. The second kappa shape index (κ2) is 10.1. The highest BCUT2D eigenvalue weighted by Gasteiger charge is 2.21. The summed E-state index contributed by atoms with van der Waals surface area (Å²) in [5.41, 5.74) is 1.15. The van der Waals surface area contributed by atoms with Crippen molar-refractivity contribution < 1.29 is 22.7 Å². The molecule has 0 aliphatic carbocycles. The number of benzene rings is 1. The lowest BCUT2D eigenvalue weighted by Gasteiger charge is -2.23. The first-order valence-corrected chi connectivity index (χ1v) is 10.6. The number of sulfonamides is 1. The number of hydrogen-bond donors (Lipinski definition) is 0. The molecule has 1 heterocycles. The maximum Gasteiger partial charge on any atom is 0.307 e. The van der Waals surface area contributed by atoms with Gasteiger partial charge in [-0.1, -0.05) is 6.07 Å². The van der Waals surface area contributed by atoms with Crippen LogP contribution >= 0.6 is 0 Å². The van der Waals surface area contributed by atoms with E-state index < -0.39 is 10.0 Å². The number of nitrogens with zero attached hydrogens (tertiary/aromatic N) is 3. The van der Waals surface area contributed by atoms with E-state index in [4.69, 9.17) is 4.74 Å². The van der Waals surface area contributed by atoms with Crippen LogP contribution in [0.15, 0.2) is 53.7 Å². The van der Waals surface area contributed by atoms with Crippen molar-refractivity contribution in [3.8, 4) is 0 Å². The largest absolute Gasteiger partial charge is 0.466 e. The van der Waals surface area contributed by atoms with E-state index in [1.165, 1.54) is 43.3 Å². The first-order chi connectivity index (χ1) is 13.8. The van der Waals surface area contributed by atoms with Crippen LogP contribution in [0.3, 0.4) is 0 Å². The van der Waals surface area contributed by atoms with Gasteiger partial charge in [-0.3, -0.25) is 14.6 Å². The predicted octanol–water partition coefficient (Wildman–Crippen LogP) is 1.93. The summed E-state index contributed by atoms with van der Waals surface area (Å²) in [6.07, 6.45) is 3.35. The summed E-state index contributed by atoms with van der Waals surface area (Å²) in [4.78, 5) is 30.4. The molecule has 29 heavy (non-hydrogen) atoms. The van der Waals surface area contributed by atoms with Crippen molar-refractivity contribution >= 4 is 21.9 Å². The quantitative estimate of drug-likeness (QED) is 0.576. The molecule has 0 N–H and O–H groups in total. The molecule has 1 amide bonds. The van der Waals surface area contributed by atoms with Gasteiger partial charge in [0.25, 0.3) is 5.91 Å². The fraction of sp³-hybridized carbons (Fsp3) is 0.350. The van der Waals surface area contributed by atoms with Crippen LogP contribution in [0.1, 0.15) is 29.3 Å². The zero-order valence-corrected chi connectivity index (χ0v) is 17.6. The van der Waals surface area contributed by atoms with Gasteiger partial charge in [0, 0.05) is 45.1 Å². The van der Waals surface area contributed by atoms with Crippen molar-refractivity contribution in [2.75, 3.05) is 27.2 Å². The number of esters is 1. The molecule has 0 saturated carbocycles. The molecule has 0 fully saturated rings. The average Bonchev–Trinajstić information content (AvgIpc) is 2.71. The molecule has 2 aromatic rings. The third-order valence-corrected chi connectivity index (χ3v) is 5.98. The zero-order valence-electron chi connectivity index (χ0n) is 16.7. The molecule has 1 aromatic heterocycles. The summed E-state index contributed by atoms with van der Waals surface area (Å²) < 4.78 is 30.5. The van der Waals surface area contributed by atoms with Crippen LogP contribution in [-0.4, -0.2) is 61.7 Å². The van der Waals surface area contributed by atoms with E-state index in [2.05, 4.69) is 4.98 Å². The Bertz CT molecular complexity index is 928. The minimum absolute atomic E-state index is 0.0624. The van der Waals surface area contributed by atoms with Gasteiger partial charge in [0.15, 0.2) is 0 Å². The zero-order chi connectivity index (χ0) is 21.4. The molecule has 8 nitrogen and oxygen atoms in total. The van der Waals surface area contributed by atoms with E-state index in [0.717, 1.165) is 9.87 Å². The van der Waals surface area contributed by atoms with Crippen LogP contribution in [0.25, 0.3) is 0 Å². The molecule has 1 aromatic carbocycles. The molecule has 0 radical (unpaired) electrons. The summed E-state index contributed by atoms with van der Waals surface area (Å²) in [6.45, 7) is 2.44. The molecule has 0 spiro atoms. The predicted molar refractivity (Wildman–Crippen MR) is 108 cm³/mol. The van der Waals surface area contributed by atoms with Crippen molar-refractivity contribution in [2.24, 2.45) is 0 Å². The molecule has 0 saturated heterocycles. The summed E-state index contributed by atoms with van der Waals surface area (Å²) in [5, 5.41) is 0. The van der Waals surface area contributed by atoms with E-state index in [0.29, 0.717) is 5.56 Å². The Hall–Kier alpha value is -2.78. The number of aromatic nitrogens is 1. The van der Waals surface area contributed by atoms with Gasteiger partial charge in [0.1, 0.15) is 0 Å². The lowest BCUT2D eigenvalue weighted by Crippen LogP contribution is -2.33. The Kier molecular flexibility index (Phi) is 7.86. The SMILES string of the molecule is CCOC(=O)CCN(Cc1cccnc1)C(=O)c1ccc(S(=O)(=O)N(C)C)cc1. The molecule has 0 aliphatic heterocycles. The van der Waals surface area contributed by atoms with Crippen molar-refractivity contribution in [1.82, 2.24) is 14.2 Å². The summed E-state index contributed by atoms with van der Waals surface area (Å²) >= 11 is 0. The summed E-state index contributed by atoms with van der Waals surface area (Å²) in [5.74, 6) is -0.698. The number of carbonyl (C=O) groups is 2. The molecule has 0 aliphatic rings. The highest BCUT2D eigenvalue weighted by atomic mass is 32.2. The number of rotatable bonds is 9. The molecule has 0 bridgehead atoms. The molecule has 0 atom stereocenters. The number of carbonyl (C=O) groups excluding carboxylic acids is 2. The monoisotopic (exact) mass is 419 g/mol. The molecule has 0 unspecified atom stereocenters. The van der Waals surface area contributed by atoms with Crippen LogP contribution < -0.4 is 0 Å². The Labute approximate surface area is 171 Å². The Balaban J connectivity index is 2.22. The molecule has 156 valence electrons. The normalized spacial score (nSPS) is 11.3. The third kappa shape index (κ3) is 6.10. The maximum atomic E-state index is 13.0. The van der Waals surface area contributed by atoms with E-state index in [9.17, 15) is 18.0 Å². The number of ether oxygens (including phenoxy) is 1. The minimum atomic E-state index is -3.58. The van der Waals surface area contributed by atoms with Gasteiger partial charge in [-0.15, -0.1) is 0 Å². The second-order valence-corrected chi connectivity index (χ2v) is 8.61. The van der Waals surface area contributed by atoms with Gasteiger partial charge in [-0.05, 0) is 42.8 Å². The highest BCUT2D eigenvalue weighted by molar-refractivity contribution is 7.89. The second-order valence-electron chi connectivity index (χ2n) is 6.45. The van der Waals surface area contributed by atoms with Gasteiger partial charge in [0.05, 0.1) is 17.9 Å². The molecular weight excluding hydrogens is 394 g/mol. The maximum absolute atomic E-state index is 13.0. The summed E-state index contributed by atoms with van der Waals surface area (Å²) in [6, 6.07) is 9.35. The molecule has 9 heteroatoms. The standard InChI is InChI=1S/C20H25N3O5S/c1-4-28-19(24)11-13-23(15-16-6-5-12-21-14-16)20(25)17-7-9-18(10-8-17)29(26,27)22(2)3/h5-10,12,14H,4,11,13,15H2,1-3H3. The average molecular weight is 420 g/mol. The smallest absolute Gasteiger partial charge is 0.307 e. The summed E-state index contributed by atoms with van der Waals surface area (Å²) in [7, 11) is -0.689. The van der Waals surface area contributed by atoms with Gasteiger partial charge >= 0.3 is 5.97 Å². The van der Waals surface area contributed by atoms with E-state index in [-0.39, 0.29) is 42.9 Å². The lowest BCUT2D eigenvalue weighted by atomic mass is 10.1. The van der Waals surface area contributed by atoms with Crippen LogP contribution in [-0.2, 0) is 26.1 Å². The molecule has 2 rings (SSSR count). The fourth-order valence-electron chi connectivity index (χ4n) is 2.59. The van der Waals surface area contributed by atoms with E-state index in [1.54, 1.807) is 25.4 Å². The topological polar surface area (TPSA) is 96.9 Å². The van der Waals surface area contributed by atoms with Crippen LogP contribution in [0.4, 0.5) is 0 Å². The first-order valence-electron chi connectivity index (χ1n) is 9.12. The Morgan fingerprint density at radius 2 is 1.79 bits per heavy atom. The third-order valence-electron chi connectivity index (χ3n) is 4.15. The van der Waals surface area contributed by atoms with Gasteiger partial charge < -0.3 is 9.64 Å². The van der Waals surface area contributed by atoms with Gasteiger partial charge in [0.2, 0.25) is 10.0 Å². The van der Waals surface area contributed by atoms with Crippen LogP contribution in [0.2, 0.25) is 0 Å². The molecular formula is C20H25N3O5S. The van der Waals surface area contributed by atoms with Crippen molar-refractivity contribution in [1.29, 1.82) is 0 Å². The van der Waals surface area contributed by atoms with Crippen LogP contribution in [0.5, 0.6) is 0 Å². The first kappa shape index (κ1) is 22.5. The van der Waals surface area contributed by atoms with Crippen molar-refractivity contribution in [2.45, 2.75) is 24.8 Å². The van der Waals surface area contributed by atoms with Gasteiger partial charge in [-0.2, -0.15) is 0 Å². The van der Waals surface area contributed by atoms with E-state index >= 15 is 0 Å². The number of pyridine rings is 1.